The molecule has 3 rings (SSSR count). The lowest BCUT2D eigenvalue weighted by molar-refractivity contribution is -0.118. The third kappa shape index (κ3) is 2.09. The summed E-state index contributed by atoms with van der Waals surface area (Å²) in [6, 6.07) is 5.92. The maximum absolute atomic E-state index is 12.4. The molecular formula is C14H11ClN2O2S. The molecule has 1 saturated heterocycles. The van der Waals surface area contributed by atoms with Crippen LogP contribution in [0.25, 0.3) is 0 Å². The number of hydrogen-bond acceptors (Lipinski definition) is 3. The van der Waals surface area contributed by atoms with E-state index in [4.69, 9.17) is 11.6 Å². The number of aryl methyl sites for hydroxylation is 1. The van der Waals surface area contributed by atoms with E-state index >= 15 is 0 Å². The molecule has 2 heterocycles. The Labute approximate surface area is 125 Å². The van der Waals surface area contributed by atoms with Crippen molar-refractivity contribution in [2.24, 2.45) is 0 Å². The topological polar surface area (TPSA) is 49.4 Å². The molecule has 2 aromatic rings. The van der Waals surface area contributed by atoms with E-state index in [1.54, 1.807) is 18.2 Å². The van der Waals surface area contributed by atoms with Crippen LogP contribution in [0.5, 0.6) is 0 Å². The number of rotatable bonds is 2. The Bertz CT molecular complexity index is 684. The average molecular weight is 307 g/mol. The van der Waals surface area contributed by atoms with Crippen molar-refractivity contribution in [2.45, 2.75) is 13.0 Å². The fourth-order valence-electron chi connectivity index (χ4n) is 2.11. The number of nitrogens with zero attached hydrogens (tertiary/aromatic N) is 1. The molecule has 0 spiro atoms. The average Bonchev–Trinajstić information content (AvgIpc) is 3.02. The van der Waals surface area contributed by atoms with Gasteiger partial charge in [0.15, 0.2) is 0 Å². The first-order chi connectivity index (χ1) is 9.58. The summed E-state index contributed by atoms with van der Waals surface area (Å²) < 4.78 is 0. The number of imide groups is 1. The van der Waals surface area contributed by atoms with E-state index < -0.39 is 12.1 Å². The summed E-state index contributed by atoms with van der Waals surface area (Å²) >= 11 is 7.54. The van der Waals surface area contributed by atoms with Crippen molar-refractivity contribution in [1.29, 1.82) is 0 Å². The van der Waals surface area contributed by atoms with E-state index in [-0.39, 0.29) is 5.91 Å². The molecule has 1 aliphatic heterocycles. The van der Waals surface area contributed by atoms with Crippen molar-refractivity contribution in [1.82, 2.24) is 5.32 Å². The summed E-state index contributed by atoms with van der Waals surface area (Å²) in [7, 11) is 0. The molecule has 1 fully saturated rings. The highest BCUT2D eigenvalue weighted by Crippen LogP contribution is 2.30. The lowest BCUT2D eigenvalue weighted by atomic mass is 10.1. The number of halogens is 1. The minimum absolute atomic E-state index is 0.284. The molecular weight excluding hydrogens is 296 g/mol. The Morgan fingerprint density at radius 1 is 1.30 bits per heavy atom. The molecule has 1 N–H and O–H groups in total. The Balaban J connectivity index is 1.96. The van der Waals surface area contributed by atoms with Gasteiger partial charge in [0.25, 0.3) is 5.91 Å². The van der Waals surface area contributed by atoms with Gasteiger partial charge in [-0.2, -0.15) is 11.3 Å². The fraction of sp³-hybridized carbons (Fsp3) is 0.143. The zero-order chi connectivity index (χ0) is 14.3. The first-order valence-corrected chi connectivity index (χ1v) is 7.32. The van der Waals surface area contributed by atoms with Gasteiger partial charge >= 0.3 is 6.03 Å². The molecule has 0 saturated carbocycles. The number of carbonyl (C=O) groups excluding carboxylic acids is 2. The van der Waals surface area contributed by atoms with Crippen LogP contribution in [0.2, 0.25) is 5.02 Å². The number of carbonyl (C=O) groups is 2. The highest BCUT2D eigenvalue weighted by atomic mass is 35.5. The van der Waals surface area contributed by atoms with Gasteiger partial charge in [0.05, 0.1) is 5.69 Å². The maximum Gasteiger partial charge on any atom is 0.329 e. The second-order valence-electron chi connectivity index (χ2n) is 4.55. The van der Waals surface area contributed by atoms with Gasteiger partial charge in [-0.3, -0.25) is 4.79 Å². The van der Waals surface area contributed by atoms with E-state index in [0.717, 1.165) is 16.0 Å². The third-order valence-electron chi connectivity index (χ3n) is 3.23. The monoisotopic (exact) mass is 306 g/mol. The van der Waals surface area contributed by atoms with Crippen molar-refractivity contribution in [3.63, 3.8) is 0 Å². The summed E-state index contributed by atoms with van der Waals surface area (Å²) in [6.45, 7) is 1.87. The van der Waals surface area contributed by atoms with Crippen LogP contribution in [0.1, 0.15) is 17.2 Å². The molecule has 20 heavy (non-hydrogen) atoms. The van der Waals surface area contributed by atoms with E-state index in [0.29, 0.717) is 10.7 Å². The molecule has 0 radical (unpaired) electrons. The molecule has 6 heteroatoms. The SMILES string of the molecule is Cc1ccc(N2C(=O)NC(c3ccsc3)C2=O)cc1Cl. The van der Waals surface area contributed by atoms with Crippen molar-refractivity contribution < 1.29 is 9.59 Å². The van der Waals surface area contributed by atoms with Crippen LogP contribution in [-0.4, -0.2) is 11.9 Å². The van der Waals surface area contributed by atoms with Crippen LogP contribution in [-0.2, 0) is 4.79 Å². The van der Waals surface area contributed by atoms with Crippen LogP contribution < -0.4 is 10.2 Å². The second-order valence-corrected chi connectivity index (χ2v) is 5.73. The molecule has 0 bridgehead atoms. The number of amides is 3. The molecule has 1 aromatic carbocycles. The smallest absolute Gasteiger partial charge is 0.321 e. The number of urea groups is 1. The minimum Gasteiger partial charge on any atom is -0.321 e. The zero-order valence-electron chi connectivity index (χ0n) is 10.6. The van der Waals surface area contributed by atoms with E-state index in [1.165, 1.54) is 11.3 Å². The van der Waals surface area contributed by atoms with Crippen LogP contribution in [0.3, 0.4) is 0 Å². The predicted molar refractivity (Wildman–Crippen MR) is 79.3 cm³/mol. The van der Waals surface area contributed by atoms with Gasteiger partial charge in [-0.25, -0.2) is 9.69 Å². The molecule has 3 amide bonds. The fourth-order valence-corrected chi connectivity index (χ4v) is 2.97. The molecule has 102 valence electrons. The minimum atomic E-state index is -0.617. The van der Waals surface area contributed by atoms with E-state index in [2.05, 4.69) is 5.32 Å². The molecule has 1 aliphatic rings. The van der Waals surface area contributed by atoms with E-state index in [9.17, 15) is 9.59 Å². The summed E-state index contributed by atoms with van der Waals surface area (Å²) in [5.74, 6) is -0.284. The Morgan fingerprint density at radius 3 is 2.75 bits per heavy atom. The van der Waals surface area contributed by atoms with Gasteiger partial charge < -0.3 is 5.32 Å². The lowest BCUT2D eigenvalue weighted by Crippen LogP contribution is -2.30. The van der Waals surface area contributed by atoms with Crippen molar-refractivity contribution in [3.05, 3.63) is 51.2 Å². The molecule has 1 aromatic heterocycles. The van der Waals surface area contributed by atoms with Crippen molar-refractivity contribution in [3.8, 4) is 0 Å². The van der Waals surface area contributed by atoms with Crippen molar-refractivity contribution >= 4 is 40.6 Å². The molecule has 1 atom stereocenters. The zero-order valence-corrected chi connectivity index (χ0v) is 12.2. The standard InChI is InChI=1S/C14H11ClN2O2S/c1-8-2-3-10(6-11(8)15)17-13(18)12(16-14(17)19)9-4-5-20-7-9/h2-7,12H,1H3,(H,16,19). The molecule has 0 aliphatic carbocycles. The predicted octanol–water partition coefficient (Wildman–Crippen LogP) is 3.51. The van der Waals surface area contributed by atoms with Crippen LogP contribution >= 0.6 is 22.9 Å². The normalized spacial score (nSPS) is 18.5. The summed E-state index contributed by atoms with van der Waals surface area (Å²) in [5.41, 5.74) is 2.19. The van der Waals surface area contributed by atoms with E-state index in [1.807, 2.05) is 23.8 Å². The highest BCUT2D eigenvalue weighted by molar-refractivity contribution is 7.08. The molecule has 1 unspecified atom stereocenters. The quantitative estimate of drug-likeness (QED) is 0.863. The van der Waals surface area contributed by atoms with Crippen LogP contribution in [0.4, 0.5) is 10.5 Å². The number of anilines is 1. The summed E-state index contributed by atoms with van der Waals surface area (Å²) in [5, 5.41) is 6.95. The van der Waals surface area contributed by atoms with Crippen molar-refractivity contribution in [2.75, 3.05) is 4.90 Å². The first kappa shape index (κ1) is 13.1. The van der Waals surface area contributed by atoms with Gasteiger partial charge in [0, 0.05) is 5.02 Å². The lowest BCUT2D eigenvalue weighted by Gasteiger charge is -2.13. The third-order valence-corrected chi connectivity index (χ3v) is 4.34. The largest absolute Gasteiger partial charge is 0.329 e. The maximum atomic E-state index is 12.4. The first-order valence-electron chi connectivity index (χ1n) is 6.00. The second kappa shape index (κ2) is 4.92. The Kier molecular flexibility index (Phi) is 3.23. The Morgan fingerprint density at radius 2 is 2.10 bits per heavy atom. The number of nitrogens with one attached hydrogen (secondary N) is 1. The summed E-state index contributed by atoms with van der Waals surface area (Å²) in [6.07, 6.45) is 0. The number of thiophene rings is 1. The van der Waals surface area contributed by atoms with Gasteiger partial charge in [0.2, 0.25) is 0 Å². The number of hydrogen-bond donors (Lipinski definition) is 1. The van der Waals surface area contributed by atoms with Gasteiger partial charge in [-0.1, -0.05) is 17.7 Å². The highest BCUT2D eigenvalue weighted by Gasteiger charge is 2.40. The van der Waals surface area contributed by atoms with Crippen LogP contribution in [0.15, 0.2) is 35.0 Å². The van der Waals surface area contributed by atoms with Gasteiger partial charge in [0.1, 0.15) is 6.04 Å². The number of benzene rings is 1. The van der Waals surface area contributed by atoms with Crippen LogP contribution in [0, 0.1) is 6.92 Å². The summed E-state index contributed by atoms with van der Waals surface area (Å²) in [4.78, 5) is 25.6. The molecule has 4 nitrogen and oxygen atoms in total. The van der Waals surface area contributed by atoms with Gasteiger partial charge in [-0.15, -0.1) is 0 Å². The Hall–Kier alpha value is -1.85. The van der Waals surface area contributed by atoms with Gasteiger partial charge in [-0.05, 0) is 47.0 Å².